The number of carbonyl (C=O) groups excluding carboxylic acids is 1. The van der Waals surface area contributed by atoms with Crippen LogP contribution < -0.4 is 10.1 Å². The molecule has 0 atom stereocenters. The molecule has 1 aromatic carbocycles. The summed E-state index contributed by atoms with van der Waals surface area (Å²) < 4.78 is 5.48. The summed E-state index contributed by atoms with van der Waals surface area (Å²) in [5.41, 5.74) is 0.821. The standard InChI is InChI=1S/C12H16Cl2N2O2/c1-15-6-8-4-9(13)5-10(14)12(8)18-7-11(17)16(2)3/h4-5,15H,6-7H2,1-3H3. The molecule has 1 rings (SSSR count). The quantitative estimate of drug-likeness (QED) is 0.904. The lowest BCUT2D eigenvalue weighted by molar-refractivity contribution is -0.130. The molecule has 100 valence electrons. The molecule has 0 spiro atoms. The van der Waals surface area contributed by atoms with E-state index in [2.05, 4.69) is 5.32 Å². The van der Waals surface area contributed by atoms with Gasteiger partial charge in [0.2, 0.25) is 0 Å². The number of nitrogens with one attached hydrogen (secondary N) is 1. The predicted octanol–water partition coefficient (Wildman–Crippen LogP) is 2.18. The van der Waals surface area contributed by atoms with Crippen molar-refractivity contribution in [2.75, 3.05) is 27.7 Å². The van der Waals surface area contributed by atoms with Crippen LogP contribution in [-0.2, 0) is 11.3 Å². The molecule has 0 aliphatic heterocycles. The topological polar surface area (TPSA) is 41.6 Å². The van der Waals surface area contributed by atoms with Gasteiger partial charge in [0, 0.05) is 31.2 Å². The van der Waals surface area contributed by atoms with Crippen LogP contribution in [0.25, 0.3) is 0 Å². The van der Waals surface area contributed by atoms with Crippen molar-refractivity contribution in [1.82, 2.24) is 10.2 Å². The van der Waals surface area contributed by atoms with E-state index in [9.17, 15) is 4.79 Å². The fourth-order valence-corrected chi connectivity index (χ4v) is 1.95. The van der Waals surface area contributed by atoms with Gasteiger partial charge in [0.05, 0.1) is 5.02 Å². The number of carbonyl (C=O) groups is 1. The highest BCUT2D eigenvalue weighted by atomic mass is 35.5. The Hall–Kier alpha value is -0.970. The summed E-state index contributed by atoms with van der Waals surface area (Å²) in [5.74, 6) is 0.363. The van der Waals surface area contributed by atoms with E-state index in [1.165, 1.54) is 4.90 Å². The van der Waals surface area contributed by atoms with Crippen molar-refractivity contribution in [1.29, 1.82) is 0 Å². The minimum Gasteiger partial charge on any atom is -0.482 e. The Balaban J connectivity index is 2.89. The van der Waals surface area contributed by atoms with E-state index in [0.717, 1.165) is 5.56 Å². The SMILES string of the molecule is CNCc1cc(Cl)cc(Cl)c1OCC(=O)N(C)C. The van der Waals surface area contributed by atoms with Crippen molar-refractivity contribution in [3.63, 3.8) is 0 Å². The van der Waals surface area contributed by atoms with Crippen LogP contribution in [0.15, 0.2) is 12.1 Å². The van der Waals surface area contributed by atoms with Crippen LogP contribution in [0.5, 0.6) is 5.75 Å². The van der Waals surface area contributed by atoms with Crippen LogP contribution in [0.3, 0.4) is 0 Å². The summed E-state index contributed by atoms with van der Waals surface area (Å²) in [6, 6.07) is 3.36. The zero-order chi connectivity index (χ0) is 13.7. The highest BCUT2D eigenvalue weighted by Crippen LogP contribution is 2.32. The number of hydrogen-bond donors (Lipinski definition) is 1. The Labute approximate surface area is 117 Å². The molecule has 0 aliphatic carbocycles. The zero-order valence-corrected chi connectivity index (χ0v) is 12.1. The number of halogens is 2. The van der Waals surface area contributed by atoms with Gasteiger partial charge in [-0.15, -0.1) is 0 Å². The number of likely N-dealkylation sites (N-methyl/N-ethyl adjacent to an activating group) is 1. The summed E-state index contributed by atoms with van der Waals surface area (Å²) in [6.07, 6.45) is 0. The van der Waals surface area contributed by atoms with Crippen LogP contribution in [0.4, 0.5) is 0 Å². The normalized spacial score (nSPS) is 10.3. The molecular formula is C12H16Cl2N2O2. The molecule has 0 saturated heterocycles. The van der Waals surface area contributed by atoms with Crippen molar-refractivity contribution in [2.24, 2.45) is 0 Å². The Bertz CT molecular complexity index is 436. The average Bonchev–Trinajstić information content (AvgIpc) is 2.27. The fourth-order valence-electron chi connectivity index (χ4n) is 1.36. The largest absolute Gasteiger partial charge is 0.482 e. The third-order valence-electron chi connectivity index (χ3n) is 2.29. The first kappa shape index (κ1) is 15.1. The molecule has 18 heavy (non-hydrogen) atoms. The summed E-state index contributed by atoms with van der Waals surface area (Å²) in [6.45, 7) is 0.511. The van der Waals surface area contributed by atoms with Crippen molar-refractivity contribution in [3.05, 3.63) is 27.7 Å². The van der Waals surface area contributed by atoms with Gasteiger partial charge in [-0.3, -0.25) is 4.79 Å². The maximum absolute atomic E-state index is 11.5. The van der Waals surface area contributed by atoms with Crippen molar-refractivity contribution < 1.29 is 9.53 Å². The van der Waals surface area contributed by atoms with Crippen molar-refractivity contribution >= 4 is 29.1 Å². The van der Waals surface area contributed by atoms with Gasteiger partial charge in [-0.25, -0.2) is 0 Å². The number of rotatable bonds is 5. The molecular weight excluding hydrogens is 275 g/mol. The Morgan fingerprint density at radius 1 is 1.39 bits per heavy atom. The average molecular weight is 291 g/mol. The predicted molar refractivity (Wildman–Crippen MR) is 73.4 cm³/mol. The van der Waals surface area contributed by atoms with Gasteiger partial charge in [-0.05, 0) is 19.2 Å². The molecule has 6 heteroatoms. The zero-order valence-electron chi connectivity index (χ0n) is 10.6. The molecule has 1 aromatic rings. The van der Waals surface area contributed by atoms with Crippen LogP contribution in [0.1, 0.15) is 5.56 Å². The lowest BCUT2D eigenvalue weighted by Gasteiger charge is -2.15. The monoisotopic (exact) mass is 290 g/mol. The van der Waals surface area contributed by atoms with Gasteiger partial charge < -0.3 is 15.0 Å². The molecule has 1 N–H and O–H groups in total. The number of amides is 1. The molecule has 0 unspecified atom stereocenters. The number of benzene rings is 1. The van der Waals surface area contributed by atoms with Crippen LogP contribution in [0, 0.1) is 0 Å². The van der Waals surface area contributed by atoms with Gasteiger partial charge >= 0.3 is 0 Å². The second-order valence-electron chi connectivity index (χ2n) is 3.98. The second kappa shape index (κ2) is 6.83. The number of ether oxygens (including phenoxy) is 1. The Morgan fingerprint density at radius 3 is 2.61 bits per heavy atom. The van der Waals surface area contributed by atoms with E-state index < -0.39 is 0 Å². The molecule has 1 amide bonds. The van der Waals surface area contributed by atoms with Crippen LogP contribution in [0.2, 0.25) is 10.0 Å². The lowest BCUT2D eigenvalue weighted by Crippen LogP contribution is -2.27. The maximum Gasteiger partial charge on any atom is 0.259 e. The van der Waals surface area contributed by atoms with Gasteiger partial charge in [0.15, 0.2) is 6.61 Å². The minimum absolute atomic E-state index is 0.0505. The van der Waals surface area contributed by atoms with E-state index in [4.69, 9.17) is 27.9 Å². The molecule has 0 fully saturated rings. The minimum atomic E-state index is -0.128. The molecule has 0 radical (unpaired) electrons. The first-order chi connectivity index (χ1) is 8.45. The van der Waals surface area contributed by atoms with E-state index >= 15 is 0 Å². The Morgan fingerprint density at radius 2 is 2.06 bits per heavy atom. The van der Waals surface area contributed by atoms with Gasteiger partial charge in [0.1, 0.15) is 5.75 Å². The van der Waals surface area contributed by atoms with E-state index in [1.807, 2.05) is 7.05 Å². The molecule has 0 saturated carbocycles. The lowest BCUT2D eigenvalue weighted by atomic mass is 10.2. The summed E-state index contributed by atoms with van der Waals surface area (Å²) >= 11 is 12.0. The smallest absolute Gasteiger partial charge is 0.259 e. The second-order valence-corrected chi connectivity index (χ2v) is 4.83. The highest BCUT2D eigenvalue weighted by Gasteiger charge is 2.13. The Kier molecular flexibility index (Phi) is 5.72. The van der Waals surface area contributed by atoms with E-state index in [1.54, 1.807) is 26.2 Å². The fraction of sp³-hybridized carbons (Fsp3) is 0.417. The summed E-state index contributed by atoms with van der Waals surface area (Å²) in [4.78, 5) is 12.9. The van der Waals surface area contributed by atoms with E-state index in [-0.39, 0.29) is 12.5 Å². The van der Waals surface area contributed by atoms with Gasteiger partial charge in [-0.2, -0.15) is 0 Å². The van der Waals surface area contributed by atoms with Crippen LogP contribution in [-0.4, -0.2) is 38.6 Å². The summed E-state index contributed by atoms with van der Waals surface area (Å²) in [7, 11) is 5.15. The van der Waals surface area contributed by atoms with Gasteiger partial charge in [-0.1, -0.05) is 23.2 Å². The third-order valence-corrected chi connectivity index (χ3v) is 2.79. The number of nitrogens with zero attached hydrogens (tertiary/aromatic N) is 1. The third kappa shape index (κ3) is 4.05. The van der Waals surface area contributed by atoms with Gasteiger partial charge in [0.25, 0.3) is 5.91 Å². The van der Waals surface area contributed by atoms with Crippen molar-refractivity contribution in [2.45, 2.75) is 6.54 Å². The molecule has 0 heterocycles. The molecule has 4 nitrogen and oxygen atoms in total. The first-order valence-corrected chi connectivity index (χ1v) is 6.16. The maximum atomic E-state index is 11.5. The molecule has 0 bridgehead atoms. The van der Waals surface area contributed by atoms with E-state index in [0.29, 0.717) is 22.3 Å². The number of hydrogen-bond acceptors (Lipinski definition) is 3. The highest BCUT2D eigenvalue weighted by molar-refractivity contribution is 6.35. The van der Waals surface area contributed by atoms with Crippen LogP contribution >= 0.6 is 23.2 Å². The van der Waals surface area contributed by atoms with Crippen molar-refractivity contribution in [3.8, 4) is 5.75 Å². The molecule has 0 aliphatic rings. The first-order valence-electron chi connectivity index (χ1n) is 5.41. The molecule has 0 aromatic heterocycles. The summed E-state index contributed by atoms with van der Waals surface area (Å²) in [5, 5.41) is 3.94.